The molecule has 2 heteroatoms. The summed E-state index contributed by atoms with van der Waals surface area (Å²) < 4.78 is 0. The van der Waals surface area contributed by atoms with Crippen LogP contribution in [-0.2, 0) is 0 Å². The van der Waals surface area contributed by atoms with Gasteiger partial charge in [0.15, 0.2) is 0 Å². The van der Waals surface area contributed by atoms with Gasteiger partial charge in [0.1, 0.15) is 0 Å². The second-order valence-electron chi connectivity index (χ2n) is 4.76. The Hall–Kier alpha value is -0.0800. The molecule has 0 saturated heterocycles. The smallest absolute Gasteiger partial charge is 0.0247 e. The zero-order valence-electron chi connectivity index (χ0n) is 11.3. The predicted octanol–water partition coefficient (Wildman–Crippen LogP) is 3.01. The van der Waals surface area contributed by atoms with Gasteiger partial charge in [0.05, 0.1) is 0 Å². The van der Waals surface area contributed by atoms with Crippen LogP contribution in [-0.4, -0.2) is 29.6 Å². The molecular formula is C13H30N2. The van der Waals surface area contributed by atoms with Gasteiger partial charge in [-0.25, -0.2) is 0 Å². The molecule has 0 bridgehead atoms. The second-order valence-corrected chi connectivity index (χ2v) is 4.76. The summed E-state index contributed by atoms with van der Waals surface area (Å²) in [4.78, 5) is 2.57. The van der Waals surface area contributed by atoms with E-state index >= 15 is 0 Å². The molecule has 2 atom stereocenters. The van der Waals surface area contributed by atoms with Crippen molar-refractivity contribution in [2.45, 2.75) is 78.4 Å². The molecule has 0 aromatic carbocycles. The Morgan fingerprint density at radius 2 is 1.67 bits per heavy atom. The molecule has 2 nitrogen and oxygen atoms in total. The summed E-state index contributed by atoms with van der Waals surface area (Å²) in [6.07, 6.45) is 4.72. The van der Waals surface area contributed by atoms with Crippen molar-refractivity contribution in [1.29, 1.82) is 0 Å². The van der Waals surface area contributed by atoms with Gasteiger partial charge in [-0.15, -0.1) is 0 Å². The third-order valence-electron chi connectivity index (χ3n) is 3.11. The van der Waals surface area contributed by atoms with E-state index in [2.05, 4.69) is 39.5 Å². The Morgan fingerprint density at radius 3 is 2.00 bits per heavy atom. The Bertz CT molecular complexity index is 145. The van der Waals surface area contributed by atoms with Crippen LogP contribution in [0.4, 0.5) is 0 Å². The number of nitrogens with zero attached hydrogens (tertiary/aromatic N) is 1. The lowest BCUT2D eigenvalue weighted by atomic mass is 9.98. The maximum atomic E-state index is 6.27. The molecular weight excluding hydrogens is 184 g/mol. The first-order valence-electron chi connectivity index (χ1n) is 6.59. The molecule has 0 radical (unpaired) electrons. The SMILES string of the molecule is CCCC(N)C(CC)N(CCC)C(C)C. The zero-order chi connectivity index (χ0) is 11.8. The van der Waals surface area contributed by atoms with Crippen molar-refractivity contribution in [2.75, 3.05) is 6.54 Å². The summed E-state index contributed by atoms with van der Waals surface area (Å²) in [5, 5.41) is 0. The lowest BCUT2D eigenvalue weighted by Crippen LogP contribution is -2.50. The van der Waals surface area contributed by atoms with E-state index < -0.39 is 0 Å². The number of rotatable bonds is 8. The lowest BCUT2D eigenvalue weighted by molar-refractivity contribution is 0.124. The molecule has 0 aromatic heterocycles. The monoisotopic (exact) mass is 214 g/mol. The van der Waals surface area contributed by atoms with Gasteiger partial charge in [0.2, 0.25) is 0 Å². The number of nitrogens with two attached hydrogens (primary N) is 1. The Kier molecular flexibility index (Phi) is 8.07. The summed E-state index contributed by atoms with van der Waals surface area (Å²) in [5.74, 6) is 0. The number of hydrogen-bond acceptors (Lipinski definition) is 2. The average Bonchev–Trinajstić information content (AvgIpc) is 2.18. The molecule has 0 fully saturated rings. The normalized spacial score (nSPS) is 16.0. The van der Waals surface area contributed by atoms with E-state index in [0.717, 1.165) is 6.42 Å². The van der Waals surface area contributed by atoms with E-state index in [4.69, 9.17) is 5.73 Å². The van der Waals surface area contributed by atoms with Crippen LogP contribution in [0, 0.1) is 0 Å². The van der Waals surface area contributed by atoms with Gasteiger partial charge in [-0.3, -0.25) is 4.90 Å². The molecule has 0 aliphatic rings. The molecule has 0 aromatic rings. The fourth-order valence-electron chi connectivity index (χ4n) is 2.37. The first kappa shape index (κ1) is 14.9. The van der Waals surface area contributed by atoms with Crippen LogP contribution < -0.4 is 5.73 Å². The fraction of sp³-hybridized carbons (Fsp3) is 1.00. The van der Waals surface area contributed by atoms with Gasteiger partial charge in [-0.2, -0.15) is 0 Å². The first-order chi connectivity index (χ1) is 7.08. The summed E-state index contributed by atoms with van der Waals surface area (Å²) >= 11 is 0. The maximum Gasteiger partial charge on any atom is 0.0247 e. The van der Waals surface area contributed by atoms with Gasteiger partial charge in [-0.1, -0.05) is 27.2 Å². The van der Waals surface area contributed by atoms with Crippen LogP contribution in [0.2, 0.25) is 0 Å². The summed E-state index contributed by atoms with van der Waals surface area (Å²) in [6.45, 7) is 12.4. The topological polar surface area (TPSA) is 29.3 Å². The van der Waals surface area contributed by atoms with E-state index in [-0.39, 0.29) is 0 Å². The molecule has 2 N–H and O–H groups in total. The highest BCUT2D eigenvalue weighted by molar-refractivity contribution is 4.82. The second kappa shape index (κ2) is 8.12. The van der Waals surface area contributed by atoms with E-state index in [0.29, 0.717) is 18.1 Å². The highest BCUT2D eigenvalue weighted by Gasteiger charge is 2.23. The van der Waals surface area contributed by atoms with Crippen molar-refractivity contribution < 1.29 is 0 Å². The number of hydrogen-bond donors (Lipinski definition) is 1. The van der Waals surface area contributed by atoms with Crippen molar-refractivity contribution >= 4 is 0 Å². The average molecular weight is 214 g/mol. The van der Waals surface area contributed by atoms with Crippen LogP contribution in [0.1, 0.15) is 60.3 Å². The fourth-order valence-corrected chi connectivity index (χ4v) is 2.37. The minimum absolute atomic E-state index is 0.342. The van der Waals surface area contributed by atoms with Crippen molar-refractivity contribution in [3.05, 3.63) is 0 Å². The summed E-state index contributed by atoms with van der Waals surface area (Å²) in [7, 11) is 0. The zero-order valence-corrected chi connectivity index (χ0v) is 11.3. The molecule has 15 heavy (non-hydrogen) atoms. The lowest BCUT2D eigenvalue weighted by Gasteiger charge is -2.37. The van der Waals surface area contributed by atoms with Crippen LogP contribution in [0.5, 0.6) is 0 Å². The Balaban J connectivity index is 4.42. The van der Waals surface area contributed by atoms with Gasteiger partial charge >= 0.3 is 0 Å². The van der Waals surface area contributed by atoms with Crippen molar-refractivity contribution in [3.63, 3.8) is 0 Å². The molecule has 92 valence electrons. The maximum absolute atomic E-state index is 6.27. The summed E-state index contributed by atoms with van der Waals surface area (Å²) in [6, 6.07) is 1.51. The third kappa shape index (κ3) is 4.98. The van der Waals surface area contributed by atoms with Gasteiger partial charge in [0, 0.05) is 18.1 Å². The van der Waals surface area contributed by atoms with Crippen molar-refractivity contribution in [3.8, 4) is 0 Å². The van der Waals surface area contributed by atoms with Gasteiger partial charge in [0.25, 0.3) is 0 Å². The van der Waals surface area contributed by atoms with Crippen LogP contribution in [0.25, 0.3) is 0 Å². The largest absolute Gasteiger partial charge is 0.326 e. The quantitative estimate of drug-likeness (QED) is 0.673. The molecule has 0 amide bonds. The first-order valence-corrected chi connectivity index (χ1v) is 6.59. The molecule has 0 aliphatic heterocycles. The van der Waals surface area contributed by atoms with E-state index in [9.17, 15) is 0 Å². The Labute approximate surface area is 96.2 Å². The van der Waals surface area contributed by atoms with Crippen LogP contribution in [0.15, 0.2) is 0 Å². The van der Waals surface area contributed by atoms with E-state index in [1.807, 2.05) is 0 Å². The standard InChI is InChI=1S/C13H30N2/c1-6-9-12(14)13(8-3)15(10-7-2)11(4)5/h11-13H,6-10,14H2,1-5H3. The molecule has 0 heterocycles. The highest BCUT2D eigenvalue weighted by Crippen LogP contribution is 2.15. The highest BCUT2D eigenvalue weighted by atomic mass is 15.2. The van der Waals surface area contributed by atoms with Gasteiger partial charge < -0.3 is 5.73 Å². The molecule has 0 rings (SSSR count). The molecule has 0 spiro atoms. The van der Waals surface area contributed by atoms with E-state index in [1.54, 1.807) is 0 Å². The minimum atomic E-state index is 0.342. The van der Waals surface area contributed by atoms with Gasteiger partial charge in [-0.05, 0) is 39.7 Å². The molecule has 0 aliphatic carbocycles. The molecule has 0 saturated carbocycles. The Morgan fingerprint density at radius 1 is 1.07 bits per heavy atom. The predicted molar refractivity (Wildman–Crippen MR) is 69.1 cm³/mol. The van der Waals surface area contributed by atoms with Crippen molar-refractivity contribution in [1.82, 2.24) is 4.90 Å². The molecule has 2 unspecified atom stereocenters. The minimum Gasteiger partial charge on any atom is -0.326 e. The van der Waals surface area contributed by atoms with Crippen LogP contribution >= 0.6 is 0 Å². The third-order valence-corrected chi connectivity index (χ3v) is 3.11. The summed E-state index contributed by atoms with van der Waals surface area (Å²) in [5.41, 5.74) is 6.27. The van der Waals surface area contributed by atoms with Crippen molar-refractivity contribution in [2.24, 2.45) is 5.73 Å². The van der Waals surface area contributed by atoms with E-state index in [1.165, 1.54) is 25.8 Å². The van der Waals surface area contributed by atoms with Crippen LogP contribution in [0.3, 0.4) is 0 Å².